The maximum absolute atomic E-state index is 6.69. The van der Waals surface area contributed by atoms with E-state index >= 15 is 0 Å². The first-order chi connectivity index (χ1) is 25.3. The van der Waals surface area contributed by atoms with E-state index in [1.54, 1.807) is 0 Å². The van der Waals surface area contributed by atoms with Crippen molar-refractivity contribution < 1.29 is 4.42 Å². The second-order valence-electron chi connectivity index (χ2n) is 13.2. The molecule has 0 amide bonds. The maximum Gasteiger partial charge on any atom is 0.143 e. The lowest BCUT2D eigenvalue weighted by atomic mass is 9.93. The summed E-state index contributed by atoms with van der Waals surface area (Å²) in [7, 11) is 0. The molecule has 0 N–H and O–H groups in total. The molecule has 0 fully saturated rings. The van der Waals surface area contributed by atoms with Crippen LogP contribution in [0.5, 0.6) is 0 Å². The van der Waals surface area contributed by atoms with Crippen molar-refractivity contribution in [2.75, 3.05) is 4.90 Å². The van der Waals surface area contributed by atoms with Crippen LogP contribution in [0.15, 0.2) is 180 Å². The van der Waals surface area contributed by atoms with Gasteiger partial charge in [-0.3, -0.25) is 0 Å². The summed E-state index contributed by atoms with van der Waals surface area (Å²) < 4.78 is 9.24. The van der Waals surface area contributed by atoms with E-state index in [2.05, 4.69) is 181 Å². The molecule has 11 rings (SSSR count). The fourth-order valence-corrected chi connectivity index (χ4v) is 9.33. The van der Waals surface area contributed by atoms with Crippen LogP contribution >= 0.6 is 11.3 Å². The van der Waals surface area contributed by atoms with E-state index in [-0.39, 0.29) is 0 Å². The number of fused-ring (bicyclic) bond motifs is 11. The van der Waals surface area contributed by atoms with Crippen LogP contribution in [-0.2, 0) is 0 Å². The van der Waals surface area contributed by atoms with Gasteiger partial charge in [0.2, 0.25) is 0 Å². The van der Waals surface area contributed by atoms with Gasteiger partial charge in [-0.1, -0.05) is 127 Å². The van der Waals surface area contributed by atoms with Crippen molar-refractivity contribution in [1.82, 2.24) is 0 Å². The molecule has 2 nitrogen and oxygen atoms in total. The Hall–Kier alpha value is -6.42. The van der Waals surface area contributed by atoms with Gasteiger partial charge in [-0.15, -0.1) is 11.3 Å². The van der Waals surface area contributed by atoms with Gasteiger partial charge in [0.25, 0.3) is 0 Å². The molecule has 3 heteroatoms. The Morgan fingerprint density at radius 1 is 0.431 bits per heavy atom. The van der Waals surface area contributed by atoms with Crippen LogP contribution in [0.2, 0.25) is 0 Å². The van der Waals surface area contributed by atoms with E-state index in [0.717, 1.165) is 44.4 Å². The van der Waals surface area contributed by atoms with Crippen LogP contribution < -0.4 is 4.90 Å². The van der Waals surface area contributed by atoms with Crippen molar-refractivity contribution in [3.05, 3.63) is 176 Å². The fraction of sp³-hybridized carbons (Fsp3) is 0. The molecular formula is C48H29NOS. The van der Waals surface area contributed by atoms with Crippen molar-refractivity contribution in [1.29, 1.82) is 0 Å². The summed E-state index contributed by atoms with van der Waals surface area (Å²) in [4.78, 5) is 2.44. The summed E-state index contributed by atoms with van der Waals surface area (Å²) in [5.41, 5.74) is 7.58. The minimum absolute atomic E-state index is 0.881. The maximum atomic E-state index is 6.69. The molecule has 0 spiro atoms. The minimum atomic E-state index is 0.881. The molecule has 0 unspecified atom stereocenters. The summed E-state index contributed by atoms with van der Waals surface area (Å²) in [5.74, 6) is 0. The molecule has 0 bridgehead atoms. The quantitative estimate of drug-likeness (QED) is 0.174. The van der Waals surface area contributed by atoms with Crippen LogP contribution in [0.25, 0.3) is 85.6 Å². The van der Waals surface area contributed by atoms with Crippen molar-refractivity contribution in [3.8, 4) is 11.1 Å². The van der Waals surface area contributed by atoms with Gasteiger partial charge in [0.05, 0.1) is 21.5 Å². The second-order valence-corrected chi connectivity index (χ2v) is 14.3. The largest absolute Gasteiger partial charge is 0.455 e. The topological polar surface area (TPSA) is 16.4 Å². The van der Waals surface area contributed by atoms with Gasteiger partial charge in [0.15, 0.2) is 0 Å². The number of benzene rings is 9. The van der Waals surface area contributed by atoms with E-state index in [0.29, 0.717) is 0 Å². The summed E-state index contributed by atoms with van der Waals surface area (Å²) in [5, 5.41) is 12.2. The minimum Gasteiger partial charge on any atom is -0.455 e. The fourth-order valence-electron chi connectivity index (χ4n) is 8.12. The van der Waals surface area contributed by atoms with E-state index in [1.165, 1.54) is 58.2 Å². The Balaban J connectivity index is 1.17. The Bertz CT molecular complexity index is 3150. The Kier molecular flexibility index (Phi) is 6.16. The normalized spacial score (nSPS) is 11.9. The van der Waals surface area contributed by atoms with Crippen LogP contribution in [0.1, 0.15) is 0 Å². The molecule has 2 heterocycles. The molecule has 238 valence electrons. The number of nitrogens with zero attached hydrogens (tertiary/aromatic N) is 1. The van der Waals surface area contributed by atoms with E-state index < -0.39 is 0 Å². The van der Waals surface area contributed by atoms with E-state index in [4.69, 9.17) is 4.42 Å². The van der Waals surface area contributed by atoms with Gasteiger partial charge in [-0.05, 0) is 86.6 Å². The highest BCUT2D eigenvalue weighted by atomic mass is 32.1. The molecule has 0 saturated carbocycles. The van der Waals surface area contributed by atoms with Crippen molar-refractivity contribution >= 4 is 103 Å². The molecule has 9 aromatic carbocycles. The third kappa shape index (κ3) is 4.29. The highest BCUT2D eigenvalue weighted by Gasteiger charge is 2.23. The Morgan fingerprint density at radius 2 is 1.10 bits per heavy atom. The molecule has 0 aliphatic carbocycles. The lowest BCUT2D eigenvalue weighted by Gasteiger charge is -2.27. The van der Waals surface area contributed by atoms with E-state index in [9.17, 15) is 0 Å². The van der Waals surface area contributed by atoms with Gasteiger partial charge in [-0.25, -0.2) is 0 Å². The first-order valence-corrected chi connectivity index (χ1v) is 18.2. The molecule has 0 aliphatic rings. The Morgan fingerprint density at radius 3 is 1.96 bits per heavy atom. The Labute approximate surface area is 298 Å². The second kappa shape index (κ2) is 11.0. The van der Waals surface area contributed by atoms with Gasteiger partial charge in [0, 0.05) is 31.9 Å². The first-order valence-electron chi connectivity index (χ1n) is 17.3. The SMILES string of the molecule is c1ccc2c(c1)cc(-c1ccc(N(c3cccc4c3sc3ccccc34)c3cccc4oc5c6ccccc6ccc5c34)cc1)c1ccccc12. The summed E-state index contributed by atoms with van der Waals surface area (Å²) >= 11 is 1.86. The van der Waals surface area contributed by atoms with Crippen LogP contribution in [0, 0.1) is 0 Å². The molecule has 2 aromatic heterocycles. The van der Waals surface area contributed by atoms with Gasteiger partial charge in [0.1, 0.15) is 11.2 Å². The standard InChI is InChI=1S/C48H29NOS/c1-4-14-35-30(11-1)25-28-40-46-42(19-10-21-44(46)50-47(35)40)49(43-20-9-18-39-38-17-7-8-22-45(38)51-48(39)43)33-26-23-31(24-27-33)41-29-32-12-2-3-13-34(32)36-15-5-6-16-37(36)41/h1-29H. The molecule has 0 radical (unpaired) electrons. The number of hydrogen-bond donors (Lipinski definition) is 0. The smallest absolute Gasteiger partial charge is 0.143 e. The molecule has 0 aliphatic heterocycles. The van der Waals surface area contributed by atoms with Crippen LogP contribution in [-0.4, -0.2) is 0 Å². The molecular weight excluding hydrogens is 639 g/mol. The number of rotatable bonds is 4. The molecule has 51 heavy (non-hydrogen) atoms. The number of hydrogen-bond acceptors (Lipinski definition) is 3. The lowest BCUT2D eigenvalue weighted by Crippen LogP contribution is -2.10. The summed E-state index contributed by atoms with van der Waals surface area (Å²) in [6, 6.07) is 63.7. The van der Waals surface area contributed by atoms with Gasteiger partial charge < -0.3 is 9.32 Å². The average Bonchev–Trinajstić information content (AvgIpc) is 3.78. The van der Waals surface area contributed by atoms with Crippen LogP contribution in [0.4, 0.5) is 17.1 Å². The van der Waals surface area contributed by atoms with Crippen LogP contribution in [0.3, 0.4) is 0 Å². The predicted molar refractivity (Wildman–Crippen MR) is 219 cm³/mol. The first kappa shape index (κ1) is 28.4. The molecule has 11 aromatic rings. The zero-order chi connectivity index (χ0) is 33.5. The molecule has 0 saturated heterocycles. The number of furan rings is 1. The number of thiophene rings is 1. The highest BCUT2D eigenvalue weighted by molar-refractivity contribution is 7.26. The van der Waals surface area contributed by atoms with Crippen molar-refractivity contribution in [3.63, 3.8) is 0 Å². The van der Waals surface area contributed by atoms with Gasteiger partial charge >= 0.3 is 0 Å². The zero-order valence-electron chi connectivity index (χ0n) is 27.5. The monoisotopic (exact) mass is 667 g/mol. The average molecular weight is 668 g/mol. The van der Waals surface area contributed by atoms with E-state index in [1.807, 2.05) is 11.3 Å². The lowest BCUT2D eigenvalue weighted by molar-refractivity contribution is 0.672. The number of anilines is 3. The summed E-state index contributed by atoms with van der Waals surface area (Å²) in [6.07, 6.45) is 0. The summed E-state index contributed by atoms with van der Waals surface area (Å²) in [6.45, 7) is 0. The molecule has 0 atom stereocenters. The predicted octanol–water partition coefficient (Wildman–Crippen LogP) is 14.6. The van der Waals surface area contributed by atoms with Crippen molar-refractivity contribution in [2.45, 2.75) is 0 Å². The third-order valence-corrected chi connectivity index (χ3v) is 11.6. The van der Waals surface area contributed by atoms with Gasteiger partial charge in [-0.2, -0.15) is 0 Å². The zero-order valence-corrected chi connectivity index (χ0v) is 28.3. The highest BCUT2D eigenvalue weighted by Crippen LogP contribution is 2.49. The van der Waals surface area contributed by atoms with Crippen molar-refractivity contribution in [2.24, 2.45) is 0 Å². The third-order valence-electron chi connectivity index (χ3n) is 10.4.